The first kappa shape index (κ1) is 38.7. The molecule has 4 aliphatic rings. The minimum atomic E-state index is -3.02. The van der Waals surface area contributed by atoms with Gasteiger partial charge in [-0.25, -0.2) is 9.97 Å². The van der Waals surface area contributed by atoms with E-state index >= 15 is 8.78 Å². The molecular weight excluding hydrogens is 733 g/mol. The van der Waals surface area contributed by atoms with Gasteiger partial charge in [0.2, 0.25) is 17.8 Å². The lowest BCUT2D eigenvalue weighted by molar-refractivity contribution is -0.134. The molecule has 4 fully saturated rings. The van der Waals surface area contributed by atoms with E-state index in [1.165, 1.54) is 19.1 Å². The number of rotatable bonds is 10. The number of likely N-dealkylation sites (tertiary alicyclic amines) is 1. The Morgan fingerprint density at radius 1 is 0.877 bits per heavy atom. The third-order valence-electron chi connectivity index (χ3n) is 12.4. The Hall–Kier alpha value is -5.15. The number of piperidine rings is 2. The normalized spacial score (nSPS) is 20.6. The molecule has 15 heteroatoms. The van der Waals surface area contributed by atoms with Crippen LogP contribution < -0.4 is 21.1 Å². The highest BCUT2D eigenvalue weighted by Gasteiger charge is 2.37. The van der Waals surface area contributed by atoms with Crippen LogP contribution in [0.2, 0.25) is 0 Å². The van der Waals surface area contributed by atoms with Crippen molar-refractivity contribution in [3.63, 3.8) is 0 Å². The summed E-state index contributed by atoms with van der Waals surface area (Å²) in [6.07, 6.45) is 9.60. The fourth-order valence-corrected chi connectivity index (χ4v) is 9.20. The van der Waals surface area contributed by atoms with Gasteiger partial charge in [0, 0.05) is 61.8 Å². The van der Waals surface area contributed by atoms with E-state index in [4.69, 9.17) is 4.98 Å². The van der Waals surface area contributed by atoms with Gasteiger partial charge in [-0.05, 0) is 82.3 Å². The molecule has 2 N–H and O–H groups in total. The van der Waals surface area contributed by atoms with Gasteiger partial charge in [-0.1, -0.05) is 37.1 Å². The molecule has 1 unspecified atom stereocenters. The predicted molar refractivity (Wildman–Crippen MR) is 212 cm³/mol. The highest BCUT2D eigenvalue weighted by atomic mass is 19.3. The quantitative estimate of drug-likeness (QED) is 0.157. The fraction of sp³-hybridized carbons (Fsp3) is 0.500. The number of fused-ring (bicyclic) bond motifs is 1. The number of nitrogens with zero attached hydrogens (tertiary/aromatic N) is 7. The first-order chi connectivity index (χ1) is 27.4. The summed E-state index contributed by atoms with van der Waals surface area (Å²) >= 11 is 0. The van der Waals surface area contributed by atoms with Gasteiger partial charge >= 0.3 is 0 Å². The Bertz CT molecular complexity index is 2210. The Labute approximate surface area is 329 Å². The highest BCUT2D eigenvalue weighted by Crippen LogP contribution is 2.34. The van der Waals surface area contributed by atoms with Gasteiger partial charge in [0.05, 0.1) is 29.9 Å². The number of halogens is 2. The third kappa shape index (κ3) is 8.04. The molecule has 2 amide bonds. The third-order valence-corrected chi connectivity index (χ3v) is 12.4. The maximum Gasteiger partial charge on any atom is 0.285 e. The Kier molecular flexibility index (Phi) is 10.9. The number of benzene rings is 1. The van der Waals surface area contributed by atoms with Crippen LogP contribution >= 0.6 is 0 Å². The van der Waals surface area contributed by atoms with Crippen LogP contribution in [0.25, 0.3) is 11.0 Å². The maximum atomic E-state index is 15.4. The molecule has 3 aliphatic heterocycles. The highest BCUT2D eigenvalue weighted by molar-refractivity contribution is 6.01. The van der Waals surface area contributed by atoms with E-state index in [1.54, 1.807) is 29.8 Å². The van der Waals surface area contributed by atoms with Crippen molar-refractivity contribution in [2.75, 3.05) is 56.0 Å². The van der Waals surface area contributed by atoms with Crippen LogP contribution in [0.3, 0.4) is 0 Å². The van der Waals surface area contributed by atoms with Gasteiger partial charge in [-0.2, -0.15) is 13.8 Å². The fourth-order valence-electron chi connectivity index (χ4n) is 9.20. The smallest absolute Gasteiger partial charge is 0.285 e. The van der Waals surface area contributed by atoms with Crippen molar-refractivity contribution in [3.8, 4) is 0 Å². The molecule has 8 rings (SSSR count). The van der Waals surface area contributed by atoms with Gasteiger partial charge in [-0.15, -0.1) is 0 Å². The molecule has 0 spiro atoms. The number of hydrogen-bond donors (Lipinski definition) is 2. The number of alkyl halides is 2. The van der Waals surface area contributed by atoms with Crippen LogP contribution in [-0.4, -0.2) is 98.8 Å². The Morgan fingerprint density at radius 3 is 2.25 bits per heavy atom. The number of piperazine rings is 1. The largest absolute Gasteiger partial charge is 0.368 e. The number of nitrogens with one attached hydrogen (secondary N) is 2. The predicted octanol–water partition coefficient (Wildman–Crippen LogP) is 5.45. The number of aryl methyl sites for hydroxylation is 1. The minimum Gasteiger partial charge on any atom is -0.368 e. The molecular formula is C42H49F2N9O4. The summed E-state index contributed by atoms with van der Waals surface area (Å²) in [5.41, 5.74) is 2.63. The van der Waals surface area contributed by atoms with Gasteiger partial charge in [0.25, 0.3) is 11.5 Å². The van der Waals surface area contributed by atoms with Gasteiger partial charge in [0.15, 0.2) is 5.78 Å². The molecule has 300 valence electrons. The van der Waals surface area contributed by atoms with Crippen LogP contribution in [0, 0.1) is 6.92 Å². The molecule has 0 radical (unpaired) electrons. The van der Waals surface area contributed by atoms with Crippen molar-refractivity contribution in [1.29, 1.82) is 0 Å². The zero-order valence-corrected chi connectivity index (χ0v) is 32.5. The number of anilines is 3. The number of aromatic nitrogens is 4. The van der Waals surface area contributed by atoms with Crippen molar-refractivity contribution in [1.82, 2.24) is 34.6 Å². The SMILES string of the molecule is CC(=O)c1c(C)c2cnc(Nc3ccc(N4CCN(C5CCN(CC(F)(F)c6ccc(C7CCC(=O)NC7=O)cc6)CC5)CC4)cn3)nc2n(C2CCCC2)c1=O. The van der Waals surface area contributed by atoms with Gasteiger partial charge < -0.3 is 10.2 Å². The average molecular weight is 782 g/mol. The lowest BCUT2D eigenvalue weighted by Gasteiger charge is -2.43. The first-order valence-electron chi connectivity index (χ1n) is 20.1. The summed E-state index contributed by atoms with van der Waals surface area (Å²) in [6, 6.07) is 10.2. The molecule has 1 aliphatic carbocycles. The van der Waals surface area contributed by atoms with E-state index in [2.05, 4.69) is 30.4 Å². The van der Waals surface area contributed by atoms with Crippen molar-refractivity contribution >= 4 is 46.1 Å². The zero-order valence-electron chi connectivity index (χ0n) is 32.5. The van der Waals surface area contributed by atoms with Crippen LogP contribution in [0.4, 0.5) is 26.2 Å². The summed E-state index contributed by atoms with van der Waals surface area (Å²) in [5, 5.41) is 6.22. The van der Waals surface area contributed by atoms with E-state index in [1.807, 2.05) is 23.2 Å². The van der Waals surface area contributed by atoms with Crippen molar-refractivity contribution in [2.45, 2.75) is 89.1 Å². The average Bonchev–Trinajstić information content (AvgIpc) is 3.73. The van der Waals surface area contributed by atoms with Crippen molar-refractivity contribution in [2.24, 2.45) is 0 Å². The lowest BCUT2D eigenvalue weighted by atomic mass is 9.89. The monoisotopic (exact) mass is 781 g/mol. The maximum absolute atomic E-state index is 15.4. The van der Waals surface area contributed by atoms with E-state index in [-0.39, 0.29) is 53.3 Å². The topological polar surface area (TPSA) is 146 Å². The second kappa shape index (κ2) is 16.0. The van der Waals surface area contributed by atoms with E-state index in [0.29, 0.717) is 59.5 Å². The number of imide groups is 1. The van der Waals surface area contributed by atoms with Crippen LogP contribution in [0.15, 0.2) is 53.6 Å². The zero-order chi connectivity index (χ0) is 39.8. The Morgan fingerprint density at radius 2 is 1.60 bits per heavy atom. The number of carbonyl (C=O) groups is 3. The number of carbonyl (C=O) groups excluding carboxylic acids is 3. The number of hydrogen-bond acceptors (Lipinski definition) is 11. The number of ketones is 1. The van der Waals surface area contributed by atoms with Gasteiger partial charge in [-0.3, -0.25) is 38.9 Å². The Balaban J connectivity index is 0.832. The molecule has 1 saturated carbocycles. The van der Waals surface area contributed by atoms with Crippen LogP contribution in [0.1, 0.15) is 97.3 Å². The molecule has 3 saturated heterocycles. The molecule has 4 aromatic rings. The van der Waals surface area contributed by atoms with Gasteiger partial charge in [0.1, 0.15) is 11.5 Å². The second-order valence-corrected chi connectivity index (χ2v) is 16.0. The number of amides is 2. The molecule has 6 heterocycles. The summed E-state index contributed by atoms with van der Waals surface area (Å²) in [4.78, 5) is 70.3. The van der Waals surface area contributed by atoms with Crippen molar-refractivity contribution in [3.05, 3.63) is 81.4 Å². The second-order valence-electron chi connectivity index (χ2n) is 16.0. The van der Waals surface area contributed by atoms with E-state index in [9.17, 15) is 19.2 Å². The molecule has 3 aromatic heterocycles. The first-order valence-corrected chi connectivity index (χ1v) is 20.1. The molecule has 0 bridgehead atoms. The molecule has 57 heavy (non-hydrogen) atoms. The molecule has 1 aromatic carbocycles. The molecule has 13 nitrogen and oxygen atoms in total. The minimum absolute atomic E-state index is 0.00296. The summed E-state index contributed by atoms with van der Waals surface area (Å²) in [6.45, 7) is 7.47. The van der Waals surface area contributed by atoms with Crippen molar-refractivity contribution < 1.29 is 23.2 Å². The van der Waals surface area contributed by atoms with Crippen LogP contribution in [0.5, 0.6) is 0 Å². The van der Waals surface area contributed by atoms with E-state index < -0.39 is 11.8 Å². The lowest BCUT2D eigenvalue weighted by Crippen LogP contribution is -2.54. The number of pyridine rings is 2. The summed E-state index contributed by atoms with van der Waals surface area (Å²) in [7, 11) is 0. The van der Waals surface area contributed by atoms with E-state index in [0.717, 1.165) is 70.4 Å². The number of Topliss-reactive ketones (excluding diaryl/α,β-unsaturated/α-hetero) is 1. The summed E-state index contributed by atoms with van der Waals surface area (Å²) < 4.78 is 32.5. The molecule has 1 atom stereocenters. The standard InChI is InChI=1S/C42H49F2N9O4/c1-26-34-24-46-41(49-38(34)53(31-5-3-4-6-31)40(57)37(26)27(2)54)47-35-13-11-32(23-45-35)52-21-19-51(20-22-52)30-15-17-50(18-16-30)25-42(43,44)29-9-7-28(8-10-29)33-12-14-36(55)48-39(33)56/h7-11,13,23-24,30-31,33H,3-6,12,14-22,25H2,1-2H3,(H,48,55,56)(H,45,46,47,49). The van der Waals surface area contributed by atoms with Crippen LogP contribution in [-0.2, 0) is 15.5 Å². The summed E-state index contributed by atoms with van der Waals surface area (Å²) in [5.74, 6) is -3.55.